The molecular formula is C25H25FN4O. The van der Waals surface area contributed by atoms with Gasteiger partial charge in [0.25, 0.3) is 5.91 Å². The maximum Gasteiger partial charge on any atom is 0.272 e. The van der Waals surface area contributed by atoms with Crippen LogP contribution in [0.4, 0.5) is 4.39 Å². The van der Waals surface area contributed by atoms with Gasteiger partial charge in [-0.25, -0.2) is 13.9 Å². The lowest BCUT2D eigenvalue weighted by Gasteiger charge is -2.22. The van der Waals surface area contributed by atoms with Crippen LogP contribution in [0.15, 0.2) is 66.7 Å². The molecule has 5 nitrogen and oxygen atoms in total. The normalized spacial score (nSPS) is 11.1. The average Bonchev–Trinajstić information content (AvgIpc) is 3.23. The molecule has 31 heavy (non-hydrogen) atoms. The first-order valence-corrected chi connectivity index (χ1v) is 10.6. The topological polar surface area (TPSA) is 50.5 Å². The van der Waals surface area contributed by atoms with Crippen molar-refractivity contribution in [1.29, 1.82) is 0 Å². The maximum atomic E-state index is 13.5. The second-order valence-electron chi connectivity index (χ2n) is 7.49. The lowest BCUT2D eigenvalue weighted by molar-refractivity contribution is 0.0746. The van der Waals surface area contributed by atoms with Crippen LogP contribution in [-0.2, 0) is 0 Å². The van der Waals surface area contributed by atoms with E-state index in [0.717, 1.165) is 29.7 Å². The van der Waals surface area contributed by atoms with E-state index >= 15 is 0 Å². The SMILES string of the molecule is CCCN(CCC)C(=O)c1cc(-c2ccc(F)cc2)nc2cc(-c3ccccc3)nn12. The van der Waals surface area contributed by atoms with Crippen molar-refractivity contribution in [2.75, 3.05) is 13.1 Å². The molecule has 2 aromatic heterocycles. The van der Waals surface area contributed by atoms with E-state index in [9.17, 15) is 9.18 Å². The standard InChI is InChI=1S/C25H25FN4O/c1-3-14-29(15-4-2)25(31)23-16-21(19-10-12-20(26)13-11-19)27-24-17-22(28-30(23)24)18-8-6-5-7-9-18/h5-13,16-17H,3-4,14-15H2,1-2H3. The van der Waals surface area contributed by atoms with Crippen LogP contribution in [0.1, 0.15) is 37.2 Å². The minimum atomic E-state index is -0.311. The van der Waals surface area contributed by atoms with Gasteiger partial charge in [-0.05, 0) is 43.2 Å². The zero-order valence-electron chi connectivity index (χ0n) is 17.8. The van der Waals surface area contributed by atoms with E-state index < -0.39 is 0 Å². The summed E-state index contributed by atoms with van der Waals surface area (Å²) in [5, 5.41) is 4.70. The number of halogens is 1. The third-order valence-electron chi connectivity index (χ3n) is 5.13. The lowest BCUT2D eigenvalue weighted by Crippen LogP contribution is -2.34. The van der Waals surface area contributed by atoms with Crippen molar-refractivity contribution < 1.29 is 9.18 Å². The number of carbonyl (C=O) groups is 1. The van der Waals surface area contributed by atoms with Crippen molar-refractivity contribution in [3.05, 3.63) is 78.2 Å². The van der Waals surface area contributed by atoms with Crippen molar-refractivity contribution in [3.8, 4) is 22.5 Å². The van der Waals surface area contributed by atoms with Gasteiger partial charge in [-0.3, -0.25) is 4.79 Å². The summed E-state index contributed by atoms with van der Waals surface area (Å²) >= 11 is 0. The highest BCUT2D eigenvalue weighted by molar-refractivity contribution is 5.94. The molecule has 4 aromatic rings. The predicted molar refractivity (Wildman–Crippen MR) is 120 cm³/mol. The van der Waals surface area contributed by atoms with Gasteiger partial charge in [-0.2, -0.15) is 5.10 Å². The van der Waals surface area contributed by atoms with Gasteiger partial charge in [0, 0.05) is 30.3 Å². The minimum absolute atomic E-state index is 0.0813. The summed E-state index contributed by atoms with van der Waals surface area (Å²) in [5.74, 6) is -0.393. The summed E-state index contributed by atoms with van der Waals surface area (Å²) in [4.78, 5) is 20.1. The van der Waals surface area contributed by atoms with Crippen LogP contribution in [0.5, 0.6) is 0 Å². The van der Waals surface area contributed by atoms with Crippen LogP contribution in [-0.4, -0.2) is 38.5 Å². The van der Waals surface area contributed by atoms with E-state index in [1.165, 1.54) is 12.1 Å². The Kier molecular flexibility index (Phi) is 6.07. The van der Waals surface area contributed by atoms with Crippen LogP contribution < -0.4 is 0 Å². The summed E-state index contributed by atoms with van der Waals surface area (Å²) < 4.78 is 15.1. The highest BCUT2D eigenvalue weighted by Crippen LogP contribution is 2.25. The van der Waals surface area contributed by atoms with Gasteiger partial charge in [-0.1, -0.05) is 44.2 Å². The first-order chi connectivity index (χ1) is 15.1. The van der Waals surface area contributed by atoms with Crippen LogP contribution in [0.25, 0.3) is 28.2 Å². The minimum Gasteiger partial charge on any atom is -0.337 e. The second-order valence-corrected chi connectivity index (χ2v) is 7.49. The first-order valence-electron chi connectivity index (χ1n) is 10.6. The van der Waals surface area contributed by atoms with Gasteiger partial charge in [0.1, 0.15) is 11.5 Å². The third kappa shape index (κ3) is 4.33. The van der Waals surface area contributed by atoms with Gasteiger partial charge in [0.05, 0.1) is 11.4 Å². The average molecular weight is 417 g/mol. The number of hydrogen-bond donors (Lipinski definition) is 0. The molecule has 0 radical (unpaired) electrons. The van der Waals surface area contributed by atoms with Gasteiger partial charge >= 0.3 is 0 Å². The molecule has 0 spiro atoms. The number of aromatic nitrogens is 3. The molecule has 0 bridgehead atoms. The fourth-order valence-electron chi connectivity index (χ4n) is 3.66. The zero-order chi connectivity index (χ0) is 21.8. The Balaban J connectivity index is 1.89. The summed E-state index contributed by atoms with van der Waals surface area (Å²) in [5.41, 5.74) is 4.09. The summed E-state index contributed by atoms with van der Waals surface area (Å²) in [6.45, 7) is 5.47. The number of fused-ring (bicyclic) bond motifs is 1. The molecular weight excluding hydrogens is 391 g/mol. The van der Waals surface area contributed by atoms with Crippen LogP contribution in [0.2, 0.25) is 0 Å². The molecule has 6 heteroatoms. The highest BCUT2D eigenvalue weighted by atomic mass is 19.1. The number of nitrogens with zero attached hydrogens (tertiary/aromatic N) is 4. The maximum absolute atomic E-state index is 13.5. The Morgan fingerprint density at radius 1 is 0.903 bits per heavy atom. The van der Waals surface area contributed by atoms with E-state index in [0.29, 0.717) is 30.1 Å². The Labute approximate surface area is 181 Å². The molecule has 0 aliphatic carbocycles. The molecule has 0 fully saturated rings. The Morgan fingerprint density at radius 3 is 2.19 bits per heavy atom. The molecule has 2 heterocycles. The van der Waals surface area contributed by atoms with Crippen molar-refractivity contribution in [2.24, 2.45) is 0 Å². The molecule has 0 atom stereocenters. The van der Waals surface area contributed by atoms with Gasteiger partial charge in [0.2, 0.25) is 0 Å². The molecule has 0 N–H and O–H groups in total. The molecule has 0 aliphatic rings. The number of hydrogen-bond acceptors (Lipinski definition) is 3. The summed E-state index contributed by atoms with van der Waals surface area (Å²) in [6, 6.07) is 19.6. The molecule has 0 saturated carbocycles. The predicted octanol–water partition coefficient (Wildman–Crippen LogP) is 5.46. The van der Waals surface area contributed by atoms with Gasteiger partial charge < -0.3 is 4.90 Å². The van der Waals surface area contributed by atoms with Crippen molar-refractivity contribution in [1.82, 2.24) is 19.5 Å². The monoisotopic (exact) mass is 416 g/mol. The molecule has 0 unspecified atom stereocenters. The number of rotatable bonds is 7. The molecule has 0 aliphatic heterocycles. The van der Waals surface area contributed by atoms with E-state index in [1.54, 1.807) is 22.7 Å². The molecule has 0 saturated heterocycles. The summed E-state index contributed by atoms with van der Waals surface area (Å²) in [7, 11) is 0. The van der Waals surface area contributed by atoms with E-state index in [2.05, 4.69) is 13.8 Å². The summed E-state index contributed by atoms with van der Waals surface area (Å²) in [6.07, 6.45) is 1.75. The van der Waals surface area contributed by atoms with E-state index in [4.69, 9.17) is 10.1 Å². The number of benzene rings is 2. The van der Waals surface area contributed by atoms with Crippen molar-refractivity contribution >= 4 is 11.6 Å². The van der Waals surface area contributed by atoms with E-state index in [-0.39, 0.29) is 11.7 Å². The van der Waals surface area contributed by atoms with Crippen molar-refractivity contribution in [3.63, 3.8) is 0 Å². The Morgan fingerprint density at radius 2 is 1.55 bits per heavy atom. The largest absolute Gasteiger partial charge is 0.337 e. The Bertz CT molecular complexity index is 1180. The lowest BCUT2D eigenvalue weighted by atomic mass is 10.1. The highest BCUT2D eigenvalue weighted by Gasteiger charge is 2.21. The number of amides is 1. The molecule has 2 aromatic carbocycles. The fraction of sp³-hybridized carbons (Fsp3) is 0.240. The molecule has 158 valence electrons. The smallest absolute Gasteiger partial charge is 0.272 e. The fourth-order valence-corrected chi connectivity index (χ4v) is 3.66. The number of carbonyl (C=O) groups excluding carboxylic acids is 1. The van der Waals surface area contributed by atoms with Crippen LogP contribution >= 0.6 is 0 Å². The quantitative estimate of drug-likeness (QED) is 0.402. The third-order valence-corrected chi connectivity index (χ3v) is 5.13. The van der Waals surface area contributed by atoms with E-state index in [1.807, 2.05) is 41.3 Å². The zero-order valence-corrected chi connectivity index (χ0v) is 17.8. The second kappa shape index (κ2) is 9.08. The van der Waals surface area contributed by atoms with Crippen LogP contribution in [0.3, 0.4) is 0 Å². The Hall–Kier alpha value is -3.54. The van der Waals surface area contributed by atoms with Gasteiger partial charge in [0.15, 0.2) is 5.65 Å². The first kappa shape index (κ1) is 20.7. The van der Waals surface area contributed by atoms with Gasteiger partial charge in [-0.15, -0.1) is 0 Å². The van der Waals surface area contributed by atoms with Crippen LogP contribution in [0, 0.1) is 5.82 Å². The van der Waals surface area contributed by atoms with Crippen molar-refractivity contribution in [2.45, 2.75) is 26.7 Å². The molecule has 4 rings (SSSR count). The molecule has 1 amide bonds.